The molecule has 1 aliphatic rings. The van der Waals surface area contributed by atoms with Gasteiger partial charge in [0.25, 0.3) is 10.0 Å². The summed E-state index contributed by atoms with van der Waals surface area (Å²) in [4.78, 5) is 6.54. The molecule has 2 rings (SSSR count). The Morgan fingerprint density at radius 2 is 2.14 bits per heavy atom. The fourth-order valence-corrected chi connectivity index (χ4v) is 3.76. The number of aromatic amines is 1. The number of hydrogen-bond acceptors (Lipinski definition) is 3. The summed E-state index contributed by atoms with van der Waals surface area (Å²) in [7, 11) is -3.85. The van der Waals surface area contributed by atoms with E-state index >= 15 is 0 Å². The minimum absolute atomic E-state index is 0.0613. The van der Waals surface area contributed by atoms with Gasteiger partial charge in [0.2, 0.25) is 0 Å². The molecule has 2 N–H and O–H groups in total. The molecule has 1 aromatic heterocycles. The van der Waals surface area contributed by atoms with E-state index in [-0.39, 0.29) is 17.9 Å². The monoisotopic (exact) mass is 325 g/mol. The highest BCUT2D eigenvalue weighted by atomic mass is 32.2. The van der Waals surface area contributed by atoms with Crippen LogP contribution in [-0.2, 0) is 16.4 Å². The molecule has 0 aromatic carbocycles. The molecule has 21 heavy (non-hydrogen) atoms. The van der Waals surface area contributed by atoms with Crippen molar-refractivity contribution in [3.05, 3.63) is 12.0 Å². The van der Waals surface area contributed by atoms with Crippen molar-refractivity contribution in [1.82, 2.24) is 14.7 Å². The smallest absolute Gasteiger partial charge is 0.332 e. The van der Waals surface area contributed by atoms with Crippen LogP contribution in [0.5, 0.6) is 0 Å². The summed E-state index contributed by atoms with van der Waals surface area (Å²) in [6, 6.07) is -0.691. The van der Waals surface area contributed by atoms with Gasteiger partial charge in [-0.15, -0.1) is 0 Å². The fourth-order valence-electron chi connectivity index (χ4n) is 2.54. The first-order valence-corrected chi connectivity index (χ1v) is 8.33. The number of alkyl halides is 3. The molecule has 0 saturated heterocycles. The first-order chi connectivity index (χ1) is 9.72. The molecule has 0 amide bonds. The number of aromatic nitrogens is 2. The van der Waals surface area contributed by atoms with Crippen LogP contribution in [0.15, 0.2) is 11.2 Å². The molecule has 0 bridgehead atoms. The average molecular weight is 325 g/mol. The predicted molar refractivity (Wildman–Crippen MR) is 70.1 cm³/mol. The topological polar surface area (TPSA) is 74.8 Å². The van der Waals surface area contributed by atoms with E-state index in [4.69, 9.17) is 0 Å². The molecule has 120 valence electrons. The lowest BCUT2D eigenvalue weighted by molar-refractivity contribution is -0.183. The van der Waals surface area contributed by atoms with Crippen LogP contribution in [0, 0.1) is 5.92 Å². The third kappa shape index (κ3) is 3.97. The van der Waals surface area contributed by atoms with Gasteiger partial charge in [-0.05, 0) is 19.3 Å². The number of hydrogen-bond donors (Lipinski definition) is 2. The van der Waals surface area contributed by atoms with Crippen molar-refractivity contribution in [2.24, 2.45) is 5.92 Å². The van der Waals surface area contributed by atoms with Crippen LogP contribution in [-0.4, -0.2) is 30.6 Å². The van der Waals surface area contributed by atoms with Gasteiger partial charge in [-0.25, -0.2) is 18.1 Å². The van der Waals surface area contributed by atoms with Gasteiger partial charge in [0, 0.05) is 12.5 Å². The number of rotatable bonds is 4. The second-order valence-electron chi connectivity index (χ2n) is 5.27. The number of sulfonamides is 1. The molecule has 9 heteroatoms. The van der Waals surface area contributed by atoms with E-state index in [1.54, 1.807) is 0 Å². The third-order valence-corrected chi connectivity index (χ3v) is 5.12. The number of halogens is 3. The highest BCUT2D eigenvalue weighted by Crippen LogP contribution is 2.37. The summed E-state index contributed by atoms with van der Waals surface area (Å²) >= 11 is 0. The molecular weight excluding hydrogens is 307 g/mol. The molecule has 0 aliphatic heterocycles. The number of nitrogens with one attached hydrogen (secondary N) is 2. The molecule has 1 aromatic rings. The van der Waals surface area contributed by atoms with Crippen LogP contribution >= 0.6 is 0 Å². The summed E-state index contributed by atoms with van der Waals surface area (Å²) < 4.78 is 64.8. The third-order valence-electron chi connectivity index (χ3n) is 3.69. The zero-order chi connectivity index (χ0) is 15.7. The first kappa shape index (κ1) is 16.3. The van der Waals surface area contributed by atoms with Crippen molar-refractivity contribution in [3.8, 4) is 0 Å². The summed E-state index contributed by atoms with van der Waals surface area (Å²) in [6.45, 7) is 1.82. The maximum atomic E-state index is 12.7. The standard InChI is InChI=1S/C12H18F3N3O2S/c1-2-10-16-7-11(17-10)21(19,20)18-9-5-3-4-8(6-9)12(13,14)15/h7-9,18H,2-6H2,1H3,(H,16,17). The molecule has 2 unspecified atom stereocenters. The van der Waals surface area contributed by atoms with Crippen molar-refractivity contribution in [1.29, 1.82) is 0 Å². The Bertz CT molecular complexity index is 583. The second-order valence-corrected chi connectivity index (χ2v) is 6.95. The van der Waals surface area contributed by atoms with Gasteiger partial charge in [-0.1, -0.05) is 13.3 Å². The zero-order valence-corrected chi connectivity index (χ0v) is 12.4. The van der Waals surface area contributed by atoms with Crippen molar-refractivity contribution in [2.45, 2.75) is 56.3 Å². The van der Waals surface area contributed by atoms with E-state index in [1.807, 2.05) is 6.92 Å². The maximum Gasteiger partial charge on any atom is 0.391 e. The van der Waals surface area contributed by atoms with Crippen LogP contribution in [0.3, 0.4) is 0 Å². The molecule has 0 spiro atoms. The van der Waals surface area contributed by atoms with E-state index in [0.717, 1.165) is 0 Å². The Labute approximate surface area is 121 Å². The van der Waals surface area contributed by atoms with Gasteiger partial charge in [0.05, 0.1) is 12.1 Å². The first-order valence-electron chi connectivity index (χ1n) is 6.85. The van der Waals surface area contributed by atoms with E-state index in [9.17, 15) is 21.6 Å². The zero-order valence-electron chi connectivity index (χ0n) is 11.6. The van der Waals surface area contributed by atoms with E-state index in [0.29, 0.717) is 25.1 Å². The average Bonchev–Trinajstić information content (AvgIpc) is 2.87. The summed E-state index contributed by atoms with van der Waals surface area (Å²) in [5.74, 6) is -0.917. The van der Waals surface area contributed by atoms with Gasteiger partial charge < -0.3 is 4.98 Å². The van der Waals surface area contributed by atoms with Crippen molar-refractivity contribution >= 4 is 10.0 Å². The van der Waals surface area contributed by atoms with Crippen LogP contribution in [0.25, 0.3) is 0 Å². The lowest BCUT2D eigenvalue weighted by Gasteiger charge is -2.30. The molecule has 0 radical (unpaired) electrons. The minimum Gasteiger partial charge on any atom is -0.332 e. The maximum absolute atomic E-state index is 12.7. The molecule has 1 aliphatic carbocycles. The highest BCUT2D eigenvalue weighted by Gasteiger charge is 2.42. The van der Waals surface area contributed by atoms with Crippen molar-refractivity contribution in [2.75, 3.05) is 0 Å². The van der Waals surface area contributed by atoms with Crippen LogP contribution in [0.2, 0.25) is 0 Å². The highest BCUT2D eigenvalue weighted by molar-refractivity contribution is 7.89. The van der Waals surface area contributed by atoms with Gasteiger partial charge >= 0.3 is 6.18 Å². The van der Waals surface area contributed by atoms with Crippen molar-refractivity contribution in [3.63, 3.8) is 0 Å². The fraction of sp³-hybridized carbons (Fsp3) is 0.750. The molecule has 1 fully saturated rings. The Balaban J connectivity index is 2.06. The molecule has 5 nitrogen and oxygen atoms in total. The van der Waals surface area contributed by atoms with Gasteiger partial charge in [0.15, 0.2) is 5.03 Å². The van der Waals surface area contributed by atoms with E-state index in [2.05, 4.69) is 14.7 Å². The van der Waals surface area contributed by atoms with Gasteiger partial charge in [0.1, 0.15) is 5.82 Å². The van der Waals surface area contributed by atoms with Gasteiger partial charge in [-0.3, -0.25) is 0 Å². The Kier molecular flexibility index (Phi) is 4.62. The number of nitrogens with zero attached hydrogens (tertiary/aromatic N) is 1. The normalized spacial score (nSPS) is 24.2. The Morgan fingerprint density at radius 3 is 2.71 bits per heavy atom. The number of aryl methyl sites for hydroxylation is 1. The molecular formula is C12H18F3N3O2S. The van der Waals surface area contributed by atoms with E-state index < -0.39 is 28.2 Å². The number of H-pyrrole nitrogens is 1. The van der Waals surface area contributed by atoms with Crippen LogP contribution in [0.1, 0.15) is 38.4 Å². The lowest BCUT2D eigenvalue weighted by Crippen LogP contribution is -2.41. The Hall–Kier alpha value is -1.09. The lowest BCUT2D eigenvalue weighted by atomic mass is 9.86. The van der Waals surface area contributed by atoms with E-state index in [1.165, 1.54) is 6.20 Å². The SMILES string of the molecule is CCc1ncc(S(=O)(=O)NC2CCCC(C(F)(F)F)C2)[nH]1. The molecule has 1 saturated carbocycles. The van der Waals surface area contributed by atoms with Crippen LogP contribution in [0.4, 0.5) is 13.2 Å². The largest absolute Gasteiger partial charge is 0.391 e. The quantitative estimate of drug-likeness (QED) is 0.892. The van der Waals surface area contributed by atoms with Crippen molar-refractivity contribution < 1.29 is 21.6 Å². The Morgan fingerprint density at radius 1 is 1.43 bits per heavy atom. The summed E-state index contributed by atoms with van der Waals surface area (Å²) in [5.41, 5.74) is 0. The predicted octanol–water partition coefficient (Wildman–Crippen LogP) is 2.37. The number of imidazole rings is 1. The molecule has 1 heterocycles. The summed E-state index contributed by atoms with van der Waals surface area (Å²) in [6.07, 6.45) is -1.90. The molecule has 2 atom stereocenters. The van der Waals surface area contributed by atoms with Crippen LogP contribution < -0.4 is 4.72 Å². The summed E-state index contributed by atoms with van der Waals surface area (Å²) in [5, 5.41) is -0.103. The minimum atomic E-state index is -4.27. The second kappa shape index (κ2) is 5.96. The van der Waals surface area contributed by atoms with Gasteiger partial charge in [-0.2, -0.15) is 13.2 Å².